The monoisotopic (exact) mass is 258 g/mol. The minimum absolute atomic E-state index is 0.0693. The van der Waals surface area contributed by atoms with Crippen LogP contribution in [0.25, 0.3) is 0 Å². The summed E-state index contributed by atoms with van der Waals surface area (Å²) in [5.41, 5.74) is 0. The number of rotatable bonds is 7. The van der Waals surface area contributed by atoms with E-state index in [1.165, 1.54) is 6.42 Å². The summed E-state index contributed by atoms with van der Waals surface area (Å²) in [5.74, 6) is 0.653. The molecule has 0 spiro atoms. The summed E-state index contributed by atoms with van der Waals surface area (Å²) in [4.78, 5) is -0.0693. The Balaban J connectivity index is 4.55. The normalized spacial score (nSPS) is 16.7. The molecule has 1 atom stereocenters. The third-order valence-corrected chi connectivity index (χ3v) is 3.51. The van der Waals surface area contributed by atoms with Gasteiger partial charge in [-0.2, -0.15) is 10.2 Å². The van der Waals surface area contributed by atoms with Crippen molar-refractivity contribution in [3.05, 3.63) is 0 Å². The molecule has 1 unspecified atom stereocenters. The Bertz CT molecular complexity index is 231. The van der Waals surface area contributed by atoms with Crippen molar-refractivity contribution in [2.75, 3.05) is 6.54 Å². The number of azo groups is 1. The predicted octanol–water partition coefficient (Wildman–Crippen LogP) is 5.53. The van der Waals surface area contributed by atoms with E-state index in [0.29, 0.717) is 5.92 Å². The van der Waals surface area contributed by atoms with Gasteiger partial charge in [0.15, 0.2) is 0 Å². The van der Waals surface area contributed by atoms with Crippen LogP contribution in [0.2, 0.25) is 0 Å². The molecule has 0 saturated heterocycles. The number of nitrogens with zero attached hydrogens (tertiary/aromatic N) is 2. The molecular weight excluding hydrogens is 228 g/mol. The maximum atomic E-state index is 4.61. The van der Waals surface area contributed by atoms with Crippen molar-refractivity contribution in [1.29, 1.82) is 0 Å². The predicted molar refractivity (Wildman–Crippen MR) is 79.8 cm³/mol. The quantitative estimate of drug-likeness (QED) is 0.435. The van der Waals surface area contributed by atoms with E-state index in [1.54, 1.807) is 0 Å². The Morgan fingerprint density at radius 2 is 1.71 bits per heavy atom. The fraction of sp³-hybridized carbons (Fsp3) is 1.00. The Hall–Kier alpha value is -0.0500. The standard InChI is InChI=1S/C14H30N2S/c1-8-9-10-15-16-14(7,11-12(2)3)17-13(4,5)6/h12H,8-11H2,1-7H3/b16-15+. The van der Waals surface area contributed by atoms with Crippen molar-refractivity contribution in [3.63, 3.8) is 0 Å². The van der Waals surface area contributed by atoms with E-state index in [0.717, 1.165) is 19.4 Å². The van der Waals surface area contributed by atoms with Crippen LogP contribution in [0.5, 0.6) is 0 Å². The zero-order chi connectivity index (χ0) is 13.5. The largest absolute Gasteiger partial charge is 0.193 e. The van der Waals surface area contributed by atoms with Gasteiger partial charge in [0.1, 0.15) is 4.87 Å². The first-order chi connectivity index (χ1) is 7.68. The average Bonchev–Trinajstić information content (AvgIpc) is 2.07. The molecule has 102 valence electrons. The number of hydrogen-bond acceptors (Lipinski definition) is 3. The Morgan fingerprint density at radius 1 is 1.12 bits per heavy atom. The van der Waals surface area contributed by atoms with Crippen molar-refractivity contribution in [3.8, 4) is 0 Å². The molecule has 0 radical (unpaired) electrons. The van der Waals surface area contributed by atoms with Crippen LogP contribution >= 0.6 is 11.8 Å². The minimum Gasteiger partial charge on any atom is -0.193 e. The second-order valence-corrected chi connectivity index (χ2v) is 8.61. The van der Waals surface area contributed by atoms with Gasteiger partial charge in [-0.25, -0.2) is 0 Å². The highest BCUT2D eigenvalue weighted by Gasteiger charge is 2.31. The van der Waals surface area contributed by atoms with Crippen LogP contribution in [0.3, 0.4) is 0 Å². The Morgan fingerprint density at radius 3 is 2.12 bits per heavy atom. The first kappa shape index (κ1) is 16.9. The lowest BCUT2D eigenvalue weighted by molar-refractivity contribution is 0.466. The Kier molecular flexibility index (Phi) is 7.38. The summed E-state index contributed by atoms with van der Waals surface area (Å²) >= 11 is 1.93. The van der Waals surface area contributed by atoms with Gasteiger partial charge in [-0.1, -0.05) is 48.0 Å². The van der Waals surface area contributed by atoms with Gasteiger partial charge < -0.3 is 0 Å². The van der Waals surface area contributed by atoms with Gasteiger partial charge >= 0.3 is 0 Å². The van der Waals surface area contributed by atoms with Crippen molar-refractivity contribution in [1.82, 2.24) is 0 Å². The van der Waals surface area contributed by atoms with Crippen molar-refractivity contribution in [2.45, 2.75) is 77.3 Å². The second kappa shape index (κ2) is 7.40. The first-order valence-electron chi connectivity index (χ1n) is 6.77. The van der Waals surface area contributed by atoms with E-state index < -0.39 is 0 Å². The van der Waals surface area contributed by atoms with Crippen LogP contribution in [-0.4, -0.2) is 16.2 Å². The zero-order valence-corrected chi connectivity index (χ0v) is 13.5. The summed E-state index contributed by atoms with van der Waals surface area (Å²) in [7, 11) is 0. The molecule has 3 heteroatoms. The number of hydrogen-bond donors (Lipinski definition) is 0. The minimum atomic E-state index is -0.0693. The third-order valence-electron chi connectivity index (χ3n) is 2.21. The molecular formula is C14H30N2S. The lowest BCUT2D eigenvalue weighted by atomic mass is 10.1. The molecule has 0 aliphatic carbocycles. The highest BCUT2D eigenvalue weighted by molar-refractivity contribution is 8.01. The van der Waals surface area contributed by atoms with Crippen LogP contribution in [0.1, 0.15) is 67.7 Å². The van der Waals surface area contributed by atoms with Crippen molar-refractivity contribution < 1.29 is 0 Å². The molecule has 0 aromatic carbocycles. The van der Waals surface area contributed by atoms with Crippen LogP contribution in [-0.2, 0) is 0 Å². The van der Waals surface area contributed by atoms with E-state index in [9.17, 15) is 0 Å². The molecule has 0 aromatic rings. The molecule has 0 heterocycles. The van der Waals surface area contributed by atoms with Gasteiger partial charge in [0, 0.05) is 4.75 Å². The summed E-state index contributed by atoms with van der Waals surface area (Å²) in [5, 5.41) is 8.98. The smallest absolute Gasteiger partial charge is 0.124 e. The van der Waals surface area contributed by atoms with Crippen molar-refractivity contribution in [2.24, 2.45) is 16.1 Å². The fourth-order valence-corrected chi connectivity index (χ4v) is 3.78. The summed E-state index contributed by atoms with van der Waals surface area (Å²) in [6.07, 6.45) is 3.42. The van der Waals surface area contributed by atoms with Crippen LogP contribution in [0.15, 0.2) is 10.2 Å². The van der Waals surface area contributed by atoms with Crippen LogP contribution < -0.4 is 0 Å². The van der Waals surface area contributed by atoms with E-state index >= 15 is 0 Å². The van der Waals surface area contributed by atoms with E-state index in [-0.39, 0.29) is 9.62 Å². The molecule has 0 rings (SSSR count). The maximum absolute atomic E-state index is 4.61. The molecule has 0 amide bonds. The average molecular weight is 258 g/mol. The maximum Gasteiger partial charge on any atom is 0.124 e. The Labute approximate surface area is 112 Å². The number of thioether (sulfide) groups is 1. The molecule has 0 aromatic heterocycles. The first-order valence-corrected chi connectivity index (χ1v) is 7.59. The fourth-order valence-electron chi connectivity index (χ4n) is 1.95. The molecule has 0 bridgehead atoms. The van der Waals surface area contributed by atoms with Crippen LogP contribution in [0.4, 0.5) is 0 Å². The topological polar surface area (TPSA) is 24.7 Å². The zero-order valence-electron chi connectivity index (χ0n) is 12.7. The van der Waals surface area contributed by atoms with E-state index in [1.807, 2.05) is 11.8 Å². The van der Waals surface area contributed by atoms with Gasteiger partial charge in [-0.05, 0) is 25.7 Å². The highest BCUT2D eigenvalue weighted by atomic mass is 32.2. The molecule has 0 aliphatic rings. The van der Waals surface area contributed by atoms with Crippen LogP contribution in [0, 0.1) is 5.92 Å². The highest BCUT2D eigenvalue weighted by Crippen LogP contribution is 2.41. The third kappa shape index (κ3) is 9.63. The molecule has 17 heavy (non-hydrogen) atoms. The summed E-state index contributed by atoms with van der Waals surface area (Å²) in [6, 6.07) is 0. The summed E-state index contributed by atoms with van der Waals surface area (Å²) < 4.78 is 0.230. The van der Waals surface area contributed by atoms with Gasteiger partial charge in [0.2, 0.25) is 0 Å². The van der Waals surface area contributed by atoms with E-state index in [4.69, 9.17) is 0 Å². The SMILES string of the molecule is CCCC/N=N/C(C)(CC(C)C)SC(C)(C)C. The molecule has 0 saturated carbocycles. The summed E-state index contributed by atoms with van der Waals surface area (Å²) in [6.45, 7) is 16.5. The lowest BCUT2D eigenvalue weighted by Crippen LogP contribution is -2.26. The second-order valence-electron chi connectivity index (χ2n) is 6.31. The van der Waals surface area contributed by atoms with Gasteiger partial charge in [0.25, 0.3) is 0 Å². The molecule has 0 aliphatic heterocycles. The van der Waals surface area contributed by atoms with Crippen molar-refractivity contribution >= 4 is 11.8 Å². The van der Waals surface area contributed by atoms with Gasteiger partial charge in [0.05, 0.1) is 6.54 Å². The molecule has 0 N–H and O–H groups in total. The lowest BCUT2D eigenvalue weighted by Gasteiger charge is -2.32. The molecule has 0 fully saturated rings. The van der Waals surface area contributed by atoms with Gasteiger partial charge in [-0.3, -0.25) is 0 Å². The number of unbranched alkanes of at least 4 members (excludes halogenated alkanes) is 1. The molecule has 2 nitrogen and oxygen atoms in total. The van der Waals surface area contributed by atoms with Gasteiger partial charge in [-0.15, -0.1) is 11.8 Å². The van der Waals surface area contributed by atoms with E-state index in [2.05, 4.69) is 58.7 Å².